The number of nitrogens with one attached hydrogen (secondary N) is 1. The second kappa shape index (κ2) is 9.19. The minimum absolute atomic E-state index is 0.587. The highest BCUT2D eigenvalue weighted by Gasteiger charge is 2.12. The van der Waals surface area contributed by atoms with Crippen LogP contribution in [0.4, 0.5) is 0 Å². The molecule has 154 valence electrons. The number of hydrazone groups is 1. The third kappa shape index (κ3) is 4.29. The Balaban J connectivity index is 1.58. The molecule has 5 nitrogen and oxygen atoms in total. The Labute approximate surface area is 182 Å². The summed E-state index contributed by atoms with van der Waals surface area (Å²) in [7, 11) is 1.67. The zero-order chi connectivity index (χ0) is 21.6. The smallest absolute Gasteiger partial charge is 0.123 e. The van der Waals surface area contributed by atoms with Gasteiger partial charge in [-0.05, 0) is 36.8 Å². The first-order chi connectivity index (χ1) is 15.2. The van der Waals surface area contributed by atoms with Gasteiger partial charge in [0.1, 0.15) is 5.75 Å². The molecule has 1 heterocycles. The normalized spacial score (nSPS) is 11.0. The molecule has 5 heteroatoms. The Hall–Kier alpha value is -4.04. The molecule has 3 aromatic carbocycles. The molecule has 31 heavy (non-hydrogen) atoms. The fraction of sp³-hybridized carbons (Fsp3) is 0.154. The highest BCUT2D eigenvalue weighted by Crippen LogP contribution is 2.26. The van der Waals surface area contributed by atoms with Gasteiger partial charge in [0.25, 0.3) is 0 Å². The van der Waals surface area contributed by atoms with Crippen LogP contribution < -0.4 is 10.2 Å². The molecule has 0 aliphatic heterocycles. The van der Waals surface area contributed by atoms with Crippen LogP contribution in [0.3, 0.4) is 0 Å². The third-order valence-electron chi connectivity index (χ3n) is 5.45. The van der Waals surface area contributed by atoms with Gasteiger partial charge >= 0.3 is 0 Å². The molecule has 0 saturated heterocycles. The van der Waals surface area contributed by atoms with Crippen molar-refractivity contribution in [2.75, 3.05) is 7.11 Å². The van der Waals surface area contributed by atoms with Crippen molar-refractivity contribution in [3.63, 3.8) is 0 Å². The number of hydrogen-bond donors (Lipinski definition) is 1. The van der Waals surface area contributed by atoms with Gasteiger partial charge in [-0.25, -0.2) is 0 Å². The Morgan fingerprint density at radius 2 is 1.77 bits per heavy atom. The Kier molecular flexibility index (Phi) is 6.00. The number of ether oxygens (including phenoxy) is 1. The second-order valence-electron chi connectivity index (χ2n) is 7.32. The quantitative estimate of drug-likeness (QED) is 0.346. The van der Waals surface area contributed by atoms with E-state index in [1.54, 1.807) is 7.11 Å². The summed E-state index contributed by atoms with van der Waals surface area (Å²) in [5.74, 6) is 0.848. The number of rotatable bonds is 7. The van der Waals surface area contributed by atoms with Gasteiger partial charge in [-0.15, -0.1) is 0 Å². The Morgan fingerprint density at radius 3 is 2.55 bits per heavy atom. The predicted octanol–water partition coefficient (Wildman–Crippen LogP) is 5.00. The molecular weight excluding hydrogens is 384 g/mol. The van der Waals surface area contributed by atoms with E-state index in [9.17, 15) is 0 Å². The van der Waals surface area contributed by atoms with Crippen molar-refractivity contribution < 1.29 is 4.74 Å². The van der Waals surface area contributed by atoms with Crippen molar-refractivity contribution in [2.45, 2.75) is 20.0 Å². The number of nitriles is 1. The maximum atomic E-state index is 9.03. The lowest BCUT2D eigenvalue weighted by atomic mass is 10.1. The van der Waals surface area contributed by atoms with Crippen LogP contribution in [0.5, 0.6) is 5.75 Å². The van der Waals surface area contributed by atoms with E-state index in [2.05, 4.69) is 46.3 Å². The maximum absolute atomic E-state index is 9.03. The summed E-state index contributed by atoms with van der Waals surface area (Å²) < 4.78 is 7.69. The van der Waals surface area contributed by atoms with Crippen LogP contribution in [-0.4, -0.2) is 17.9 Å². The van der Waals surface area contributed by atoms with Gasteiger partial charge in [0.2, 0.25) is 0 Å². The van der Waals surface area contributed by atoms with Crippen molar-refractivity contribution in [3.8, 4) is 11.8 Å². The molecule has 0 amide bonds. The second-order valence-corrected chi connectivity index (χ2v) is 7.32. The van der Waals surface area contributed by atoms with Crippen molar-refractivity contribution in [1.29, 1.82) is 5.26 Å². The highest BCUT2D eigenvalue weighted by molar-refractivity contribution is 6.01. The average molecular weight is 409 g/mol. The number of hydrogen-bond acceptors (Lipinski definition) is 4. The number of fused-ring (bicyclic) bond motifs is 1. The van der Waals surface area contributed by atoms with Gasteiger partial charge in [0, 0.05) is 34.3 Å². The van der Waals surface area contributed by atoms with Crippen LogP contribution in [0.1, 0.15) is 27.9 Å². The summed E-state index contributed by atoms with van der Waals surface area (Å²) in [5, 5.41) is 14.7. The summed E-state index contributed by atoms with van der Waals surface area (Å²) in [6.45, 7) is 3.44. The maximum Gasteiger partial charge on any atom is 0.123 e. The van der Waals surface area contributed by atoms with E-state index in [-0.39, 0.29) is 0 Å². The van der Waals surface area contributed by atoms with Crippen LogP contribution in [0.2, 0.25) is 0 Å². The van der Waals surface area contributed by atoms with E-state index in [1.807, 2.05) is 60.8 Å². The standard InChI is InChI=1S/C26H24N4O/c1-19-24(17-29-28-16-22-7-3-6-10-26(22)31-2)23-8-4-5-9-25(23)30(19)18-21-13-11-20(15-27)12-14-21/h3-14,17,28H,16,18H2,1-2H3/b29-17+. The first kappa shape index (κ1) is 20.2. The number of benzene rings is 3. The molecule has 4 aromatic rings. The molecule has 0 unspecified atom stereocenters. The molecular formula is C26H24N4O. The van der Waals surface area contributed by atoms with Crippen molar-refractivity contribution in [2.24, 2.45) is 5.10 Å². The predicted molar refractivity (Wildman–Crippen MR) is 124 cm³/mol. The highest BCUT2D eigenvalue weighted by atomic mass is 16.5. The SMILES string of the molecule is COc1ccccc1CN/N=C/c1c(C)n(Cc2ccc(C#N)cc2)c2ccccc12. The van der Waals surface area contributed by atoms with Crippen LogP contribution in [0.15, 0.2) is 77.9 Å². The van der Waals surface area contributed by atoms with Crippen LogP contribution in [0.25, 0.3) is 10.9 Å². The summed E-state index contributed by atoms with van der Waals surface area (Å²) in [6.07, 6.45) is 1.89. The first-order valence-corrected chi connectivity index (χ1v) is 10.2. The molecule has 1 aromatic heterocycles. The first-order valence-electron chi connectivity index (χ1n) is 10.2. The number of aromatic nitrogens is 1. The van der Waals surface area contributed by atoms with Gasteiger partial charge in [0.15, 0.2) is 0 Å². The van der Waals surface area contributed by atoms with Gasteiger partial charge in [-0.2, -0.15) is 10.4 Å². The summed E-state index contributed by atoms with van der Waals surface area (Å²) >= 11 is 0. The summed E-state index contributed by atoms with van der Waals surface area (Å²) in [5.41, 5.74) is 9.43. The minimum atomic E-state index is 0.587. The molecule has 0 radical (unpaired) electrons. The minimum Gasteiger partial charge on any atom is -0.496 e. The van der Waals surface area contributed by atoms with Crippen LogP contribution >= 0.6 is 0 Å². The van der Waals surface area contributed by atoms with Crippen molar-refractivity contribution in [3.05, 3.63) is 101 Å². The van der Waals surface area contributed by atoms with E-state index in [4.69, 9.17) is 10.00 Å². The molecule has 0 fully saturated rings. The fourth-order valence-electron chi connectivity index (χ4n) is 3.78. The Bertz CT molecular complexity index is 1260. The van der Waals surface area contributed by atoms with Crippen LogP contribution in [-0.2, 0) is 13.1 Å². The Morgan fingerprint density at radius 1 is 1.03 bits per heavy atom. The zero-order valence-electron chi connectivity index (χ0n) is 17.7. The van der Waals surface area contributed by atoms with Gasteiger partial charge in [-0.1, -0.05) is 48.5 Å². The molecule has 1 N–H and O–H groups in total. The van der Waals surface area contributed by atoms with Crippen molar-refractivity contribution in [1.82, 2.24) is 9.99 Å². The molecule has 0 atom stereocenters. The van der Waals surface area contributed by atoms with E-state index in [0.717, 1.165) is 45.6 Å². The molecule has 4 rings (SSSR count). The lowest BCUT2D eigenvalue weighted by Gasteiger charge is -2.09. The lowest BCUT2D eigenvalue weighted by molar-refractivity contribution is 0.408. The molecule has 0 saturated carbocycles. The van der Waals surface area contributed by atoms with Gasteiger partial charge in [0.05, 0.1) is 31.5 Å². The summed E-state index contributed by atoms with van der Waals surface area (Å²) in [6, 6.07) is 26.2. The van der Waals surface area contributed by atoms with Gasteiger partial charge in [-0.3, -0.25) is 0 Å². The van der Waals surface area contributed by atoms with Crippen LogP contribution in [0, 0.1) is 18.3 Å². The third-order valence-corrected chi connectivity index (χ3v) is 5.45. The van der Waals surface area contributed by atoms with E-state index < -0.39 is 0 Å². The summed E-state index contributed by atoms with van der Waals surface area (Å²) in [4.78, 5) is 0. The number of para-hydroxylation sites is 2. The average Bonchev–Trinajstić information content (AvgIpc) is 3.08. The largest absolute Gasteiger partial charge is 0.496 e. The van der Waals surface area contributed by atoms with E-state index in [0.29, 0.717) is 12.1 Å². The topological polar surface area (TPSA) is 62.3 Å². The molecule has 0 aliphatic rings. The fourth-order valence-corrected chi connectivity index (χ4v) is 3.78. The molecule has 0 spiro atoms. The van der Waals surface area contributed by atoms with Gasteiger partial charge < -0.3 is 14.7 Å². The molecule has 0 bridgehead atoms. The monoisotopic (exact) mass is 408 g/mol. The number of methoxy groups -OCH3 is 1. The zero-order valence-corrected chi connectivity index (χ0v) is 17.7. The molecule has 0 aliphatic carbocycles. The van der Waals surface area contributed by atoms with E-state index in [1.165, 1.54) is 0 Å². The van der Waals surface area contributed by atoms with Crippen molar-refractivity contribution >= 4 is 17.1 Å². The van der Waals surface area contributed by atoms with E-state index >= 15 is 0 Å². The lowest BCUT2D eigenvalue weighted by Crippen LogP contribution is -2.07. The number of nitrogens with zero attached hydrogens (tertiary/aromatic N) is 3.